The minimum absolute atomic E-state index is 0.0111. The second-order valence-electron chi connectivity index (χ2n) is 4.93. The van der Waals surface area contributed by atoms with E-state index in [1.54, 1.807) is 0 Å². The highest BCUT2D eigenvalue weighted by Gasteiger charge is 2.25. The average Bonchev–Trinajstić information content (AvgIpc) is 2.38. The number of nitrogen functional groups attached to an aromatic ring is 1. The van der Waals surface area contributed by atoms with Crippen molar-refractivity contribution in [1.29, 1.82) is 0 Å². The second kappa shape index (κ2) is 5.83. The smallest absolute Gasteiger partial charge is 0.331 e. The van der Waals surface area contributed by atoms with E-state index in [2.05, 4.69) is 17.3 Å². The molecular formula is C12H18N4O3. The molecule has 1 aromatic heterocycles. The van der Waals surface area contributed by atoms with Crippen LogP contribution in [0, 0.1) is 16.0 Å². The summed E-state index contributed by atoms with van der Waals surface area (Å²) in [7, 11) is 0. The molecule has 7 heteroatoms. The Bertz CT molecular complexity index is 466. The third-order valence-corrected chi connectivity index (χ3v) is 3.35. The Morgan fingerprint density at radius 3 is 2.95 bits per heavy atom. The van der Waals surface area contributed by atoms with Gasteiger partial charge in [-0.1, -0.05) is 13.3 Å². The van der Waals surface area contributed by atoms with Gasteiger partial charge in [-0.15, -0.1) is 0 Å². The Hall–Kier alpha value is -1.89. The summed E-state index contributed by atoms with van der Waals surface area (Å²) in [6.07, 6.45) is 4.06. The number of aromatic nitrogens is 1. The van der Waals surface area contributed by atoms with Gasteiger partial charge in [-0.2, -0.15) is 4.98 Å². The first-order chi connectivity index (χ1) is 9.10. The van der Waals surface area contributed by atoms with Crippen LogP contribution < -0.4 is 16.0 Å². The van der Waals surface area contributed by atoms with Gasteiger partial charge in [0, 0.05) is 6.07 Å². The number of nitro groups is 1. The Labute approximate surface area is 111 Å². The molecule has 0 saturated heterocycles. The van der Waals surface area contributed by atoms with E-state index < -0.39 is 4.92 Å². The number of nitrogens with zero attached hydrogens (tertiary/aromatic N) is 2. The van der Waals surface area contributed by atoms with E-state index >= 15 is 0 Å². The van der Waals surface area contributed by atoms with Gasteiger partial charge in [0.2, 0.25) is 0 Å². The molecule has 0 spiro atoms. The molecule has 1 fully saturated rings. The summed E-state index contributed by atoms with van der Waals surface area (Å²) in [5, 5.41) is 11.0. The predicted octanol–water partition coefficient (Wildman–Crippen LogP) is 2.23. The van der Waals surface area contributed by atoms with E-state index in [9.17, 15) is 10.1 Å². The van der Waals surface area contributed by atoms with E-state index in [4.69, 9.17) is 10.6 Å². The molecule has 0 radical (unpaired) electrons. The van der Waals surface area contributed by atoms with Gasteiger partial charge in [-0.25, -0.2) is 5.84 Å². The van der Waals surface area contributed by atoms with E-state index in [-0.39, 0.29) is 17.7 Å². The Balaban J connectivity index is 2.19. The maximum absolute atomic E-state index is 11.0. The molecule has 1 heterocycles. The first-order valence-corrected chi connectivity index (χ1v) is 6.39. The molecule has 0 aromatic carbocycles. The summed E-state index contributed by atoms with van der Waals surface area (Å²) < 4.78 is 5.71. The zero-order valence-electron chi connectivity index (χ0n) is 10.8. The Morgan fingerprint density at radius 1 is 1.53 bits per heavy atom. The van der Waals surface area contributed by atoms with Gasteiger partial charge < -0.3 is 10.2 Å². The van der Waals surface area contributed by atoms with Crippen LogP contribution in [0.15, 0.2) is 12.1 Å². The molecule has 1 aromatic rings. The topological polar surface area (TPSA) is 103 Å². The van der Waals surface area contributed by atoms with Crippen molar-refractivity contribution in [3.05, 3.63) is 22.2 Å². The highest BCUT2D eigenvalue weighted by Crippen LogP contribution is 2.31. The standard InChI is InChI=1S/C12H18N4O3/c1-8-3-2-4-9(7-8)19-12-10(16(17)18)5-6-11(14-12)15-13/h5-6,8-9H,2-4,7,13H2,1H3,(H,14,15). The highest BCUT2D eigenvalue weighted by atomic mass is 16.6. The molecule has 0 bridgehead atoms. The molecule has 3 N–H and O–H groups in total. The van der Waals surface area contributed by atoms with Crippen LogP contribution in [0.1, 0.15) is 32.6 Å². The summed E-state index contributed by atoms with van der Waals surface area (Å²) in [6.45, 7) is 2.16. The lowest BCUT2D eigenvalue weighted by Crippen LogP contribution is -2.25. The number of nitrogens with one attached hydrogen (secondary N) is 1. The SMILES string of the molecule is CC1CCCC(Oc2nc(NN)ccc2[N+](=O)[O-])C1. The zero-order valence-corrected chi connectivity index (χ0v) is 10.8. The highest BCUT2D eigenvalue weighted by molar-refractivity contribution is 5.48. The van der Waals surface area contributed by atoms with Crippen LogP contribution in [0.2, 0.25) is 0 Å². The normalized spacial score (nSPS) is 22.8. The van der Waals surface area contributed by atoms with Crippen molar-refractivity contribution in [3.63, 3.8) is 0 Å². The number of nitrogens with two attached hydrogens (primary N) is 1. The van der Waals surface area contributed by atoms with Gasteiger partial charge in [0.25, 0.3) is 5.88 Å². The largest absolute Gasteiger partial charge is 0.469 e. The number of rotatable bonds is 4. The molecule has 104 valence electrons. The molecule has 2 rings (SSSR count). The lowest BCUT2D eigenvalue weighted by atomic mass is 9.89. The van der Waals surface area contributed by atoms with E-state index in [1.165, 1.54) is 18.6 Å². The summed E-state index contributed by atoms with van der Waals surface area (Å²) in [5.41, 5.74) is 2.24. The number of hydrazine groups is 1. The molecule has 0 aliphatic heterocycles. The van der Waals surface area contributed by atoms with Crippen molar-refractivity contribution >= 4 is 11.5 Å². The van der Waals surface area contributed by atoms with Crippen LogP contribution in [0.5, 0.6) is 5.88 Å². The lowest BCUT2D eigenvalue weighted by molar-refractivity contribution is -0.386. The van der Waals surface area contributed by atoms with E-state index in [0.29, 0.717) is 11.7 Å². The zero-order chi connectivity index (χ0) is 13.8. The summed E-state index contributed by atoms with van der Waals surface area (Å²) in [6, 6.07) is 2.80. The first-order valence-electron chi connectivity index (χ1n) is 6.39. The summed E-state index contributed by atoms with van der Waals surface area (Å²) in [5.74, 6) is 6.23. The molecule has 2 unspecified atom stereocenters. The second-order valence-corrected chi connectivity index (χ2v) is 4.93. The predicted molar refractivity (Wildman–Crippen MR) is 70.7 cm³/mol. The fraction of sp³-hybridized carbons (Fsp3) is 0.583. The van der Waals surface area contributed by atoms with Crippen molar-refractivity contribution in [2.24, 2.45) is 11.8 Å². The molecule has 1 aliphatic carbocycles. The van der Waals surface area contributed by atoms with Crippen molar-refractivity contribution in [3.8, 4) is 5.88 Å². The van der Waals surface area contributed by atoms with Crippen LogP contribution in [0.4, 0.5) is 11.5 Å². The molecule has 19 heavy (non-hydrogen) atoms. The molecule has 0 amide bonds. The summed E-state index contributed by atoms with van der Waals surface area (Å²) in [4.78, 5) is 14.5. The number of ether oxygens (including phenoxy) is 1. The monoisotopic (exact) mass is 266 g/mol. The van der Waals surface area contributed by atoms with Gasteiger partial charge in [0.05, 0.1) is 4.92 Å². The van der Waals surface area contributed by atoms with E-state index in [0.717, 1.165) is 19.3 Å². The van der Waals surface area contributed by atoms with Crippen LogP contribution in [-0.4, -0.2) is 16.0 Å². The maximum atomic E-state index is 11.0. The molecular weight excluding hydrogens is 248 g/mol. The first kappa shape index (κ1) is 13.5. The van der Waals surface area contributed by atoms with Gasteiger partial charge in [-0.3, -0.25) is 10.1 Å². The number of pyridine rings is 1. The van der Waals surface area contributed by atoms with Crippen molar-refractivity contribution < 1.29 is 9.66 Å². The third-order valence-electron chi connectivity index (χ3n) is 3.35. The number of anilines is 1. The maximum Gasteiger partial charge on any atom is 0.331 e. The minimum Gasteiger partial charge on any atom is -0.469 e. The fourth-order valence-corrected chi connectivity index (χ4v) is 2.38. The molecule has 2 atom stereocenters. The third kappa shape index (κ3) is 3.31. The van der Waals surface area contributed by atoms with Gasteiger partial charge in [0.15, 0.2) is 0 Å². The molecule has 1 saturated carbocycles. The van der Waals surface area contributed by atoms with Crippen LogP contribution in [0.3, 0.4) is 0 Å². The van der Waals surface area contributed by atoms with Crippen molar-refractivity contribution in [1.82, 2.24) is 4.98 Å². The lowest BCUT2D eigenvalue weighted by Gasteiger charge is -2.26. The number of hydrogen-bond donors (Lipinski definition) is 2. The van der Waals surface area contributed by atoms with Crippen molar-refractivity contribution in [2.45, 2.75) is 38.7 Å². The average molecular weight is 266 g/mol. The van der Waals surface area contributed by atoms with Crippen LogP contribution in [-0.2, 0) is 0 Å². The molecule has 7 nitrogen and oxygen atoms in total. The minimum atomic E-state index is -0.491. The Morgan fingerprint density at radius 2 is 2.32 bits per heavy atom. The Kier molecular flexibility index (Phi) is 4.16. The fourth-order valence-electron chi connectivity index (χ4n) is 2.38. The molecule has 1 aliphatic rings. The van der Waals surface area contributed by atoms with Crippen LogP contribution in [0.25, 0.3) is 0 Å². The van der Waals surface area contributed by atoms with Gasteiger partial charge >= 0.3 is 5.69 Å². The van der Waals surface area contributed by atoms with Crippen LogP contribution >= 0.6 is 0 Å². The summed E-state index contributed by atoms with van der Waals surface area (Å²) >= 11 is 0. The van der Waals surface area contributed by atoms with E-state index in [1.807, 2.05) is 0 Å². The van der Waals surface area contributed by atoms with Crippen molar-refractivity contribution in [2.75, 3.05) is 5.43 Å². The van der Waals surface area contributed by atoms with Gasteiger partial charge in [-0.05, 0) is 31.2 Å². The quantitative estimate of drug-likeness (QED) is 0.492. The van der Waals surface area contributed by atoms with Gasteiger partial charge in [0.1, 0.15) is 11.9 Å². The number of hydrogen-bond acceptors (Lipinski definition) is 6.